The van der Waals surface area contributed by atoms with Crippen LogP contribution in [0.1, 0.15) is 168 Å². The molecule has 0 heterocycles. The van der Waals surface area contributed by atoms with Crippen LogP contribution in [0.15, 0.2) is 48.6 Å². The van der Waals surface area contributed by atoms with Crippen molar-refractivity contribution in [2.75, 3.05) is 13.2 Å². The van der Waals surface area contributed by atoms with Crippen molar-refractivity contribution in [1.82, 2.24) is 0 Å². The molecule has 0 spiro atoms. The standard InChI is InChI=1S/C45H79O13P/c1-3-5-7-9-11-13-15-17-18-19-20-22-23-25-27-29-31-33-38(46)55-35-37(36-56-59(53,54)58-45-43(51)41(49)40(48)42(50)44(45)52)57-39(47)34-32-30-28-26-24-21-16-14-12-10-8-6-4-2/h11,13,17-18,20,22,25,27,37,40-45,48-52H,3-10,12,14-16,19,21,23-24,26,28-36H2,1-2H3,(H,53,54). The van der Waals surface area contributed by atoms with E-state index in [-0.39, 0.29) is 12.8 Å². The Morgan fingerprint density at radius 3 is 1.44 bits per heavy atom. The lowest BCUT2D eigenvalue weighted by Crippen LogP contribution is -2.64. The second-order valence-corrected chi connectivity index (χ2v) is 17.0. The van der Waals surface area contributed by atoms with Crippen LogP contribution in [0.2, 0.25) is 0 Å². The second-order valence-electron chi connectivity index (χ2n) is 15.6. The predicted octanol–water partition coefficient (Wildman–Crippen LogP) is 8.39. The molecule has 0 radical (unpaired) electrons. The van der Waals surface area contributed by atoms with E-state index in [0.29, 0.717) is 19.3 Å². The highest BCUT2D eigenvalue weighted by molar-refractivity contribution is 7.47. The third-order valence-corrected chi connectivity index (χ3v) is 11.2. The van der Waals surface area contributed by atoms with E-state index in [2.05, 4.69) is 50.3 Å². The summed E-state index contributed by atoms with van der Waals surface area (Å²) in [5.41, 5.74) is 0. The van der Waals surface area contributed by atoms with Crippen LogP contribution in [-0.4, -0.2) is 98.3 Å². The number of esters is 2. The summed E-state index contributed by atoms with van der Waals surface area (Å²) < 4.78 is 33.4. The molecule has 342 valence electrons. The Hall–Kier alpha value is -2.19. The third-order valence-electron chi connectivity index (χ3n) is 10.2. The SMILES string of the molecule is CCCCCC=CCC=CCC=CCC=CCCCC(=O)OCC(COP(=O)(O)OC1C(O)C(O)C(O)C(O)C1O)OC(=O)CCCCCCCCCCCCCCC. The van der Waals surface area contributed by atoms with Gasteiger partial charge in [-0.25, -0.2) is 4.57 Å². The quantitative estimate of drug-likeness (QED) is 0.0152. The smallest absolute Gasteiger partial charge is 0.462 e. The minimum atomic E-state index is -5.13. The van der Waals surface area contributed by atoms with Gasteiger partial charge in [0.2, 0.25) is 0 Å². The van der Waals surface area contributed by atoms with Crippen molar-refractivity contribution in [2.24, 2.45) is 0 Å². The molecule has 0 aromatic carbocycles. The number of ether oxygens (including phenoxy) is 2. The fraction of sp³-hybridized carbons (Fsp3) is 0.778. The van der Waals surface area contributed by atoms with Gasteiger partial charge in [0.15, 0.2) is 6.10 Å². The molecule has 0 amide bonds. The number of hydrogen-bond donors (Lipinski definition) is 6. The molecule has 1 aliphatic rings. The molecule has 0 bridgehead atoms. The topological polar surface area (TPSA) is 210 Å². The number of allylic oxidation sites excluding steroid dienone is 8. The lowest BCUT2D eigenvalue weighted by molar-refractivity contribution is -0.220. The first-order chi connectivity index (χ1) is 28.4. The Labute approximate surface area is 354 Å². The maximum atomic E-state index is 12.8. The van der Waals surface area contributed by atoms with Gasteiger partial charge in [0, 0.05) is 12.8 Å². The molecule has 1 aliphatic carbocycles. The van der Waals surface area contributed by atoms with Crippen LogP contribution in [0.3, 0.4) is 0 Å². The van der Waals surface area contributed by atoms with Crippen LogP contribution < -0.4 is 0 Å². The van der Waals surface area contributed by atoms with Gasteiger partial charge in [0.25, 0.3) is 0 Å². The average Bonchev–Trinajstić information content (AvgIpc) is 3.21. The number of carbonyl (C=O) groups excluding carboxylic acids is 2. The van der Waals surface area contributed by atoms with Crippen molar-refractivity contribution >= 4 is 19.8 Å². The van der Waals surface area contributed by atoms with E-state index in [9.17, 15) is 44.6 Å². The second kappa shape index (κ2) is 35.4. The van der Waals surface area contributed by atoms with Gasteiger partial charge in [-0.2, -0.15) is 0 Å². The van der Waals surface area contributed by atoms with Crippen molar-refractivity contribution in [3.8, 4) is 0 Å². The number of aliphatic hydroxyl groups excluding tert-OH is 5. The van der Waals surface area contributed by atoms with Crippen molar-refractivity contribution in [2.45, 2.75) is 211 Å². The maximum absolute atomic E-state index is 12.8. The van der Waals surface area contributed by atoms with Gasteiger partial charge in [0.05, 0.1) is 6.61 Å². The van der Waals surface area contributed by atoms with E-state index in [0.717, 1.165) is 51.4 Å². The molecule has 0 saturated heterocycles. The predicted molar refractivity (Wildman–Crippen MR) is 230 cm³/mol. The fourth-order valence-corrected chi connectivity index (χ4v) is 7.49. The molecule has 6 unspecified atom stereocenters. The molecule has 0 aromatic rings. The van der Waals surface area contributed by atoms with E-state index in [1.54, 1.807) is 0 Å². The van der Waals surface area contributed by atoms with Crippen molar-refractivity contribution in [3.05, 3.63) is 48.6 Å². The number of rotatable bonds is 36. The van der Waals surface area contributed by atoms with Gasteiger partial charge in [-0.1, -0.05) is 152 Å². The summed E-state index contributed by atoms with van der Waals surface area (Å²) in [6.07, 6.45) is 27.5. The normalized spacial score (nSPS) is 22.8. The molecule has 0 aliphatic heterocycles. The van der Waals surface area contributed by atoms with Crippen LogP contribution >= 0.6 is 7.82 Å². The van der Waals surface area contributed by atoms with Gasteiger partial charge in [-0.05, 0) is 51.4 Å². The highest BCUT2D eigenvalue weighted by Gasteiger charge is 2.51. The Morgan fingerprint density at radius 2 is 0.932 bits per heavy atom. The monoisotopic (exact) mass is 859 g/mol. The largest absolute Gasteiger partial charge is 0.472 e. The highest BCUT2D eigenvalue weighted by atomic mass is 31.2. The van der Waals surface area contributed by atoms with Crippen molar-refractivity contribution in [1.29, 1.82) is 0 Å². The lowest BCUT2D eigenvalue weighted by Gasteiger charge is -2.41. The third kappa shape index (κ3) is 28.1. The zero-order chi connectivity index (χ0) is 43.6. The Morgan fingerprint density at radius 1 is 0.525 bits per heavy atom. The van der Waals surface area contributed by atoms with Crippen molar-refractivity contribution in [3.63, 3.8) is 0 Å². The molecule has 1 saturated carbocycles. The molecule has 1 fully saturated rings. The summed E-state index contributed by atoms with van der Waals surface area (Å²) in [4.78, 5) is 35.6. The van der Waals surface area contributed by atoms with Gasteiger partial charge < -0.3 is 39.9 Å². The van der Waals surface area contributed by atoms with Crippen LogP contribution in [0.25, 0.3) is 0 Å². The summed E-state index contributed by atoms with van der Waals surface area (Å²) in [6, 6.07) is 0. The first-order valence-corrected chi connectivity index (χ1v) is 23.9. The molecular formula is C45H79O13P. The maximum Gasteiger partial charge on any atom is 0.472 e. The number of hydrogen-bond acceptors (Lipinski definition) is 12. The van der Waals surface area contributed by atoms with Gasteiger partial charge in [-0.15, -0.1) is 0 Å². The summed E-state index contributed by atoms with van der Waals surface area (Å²) in [5.74, 6) is -1.16. The molecular weight excluding hydrogens is 779 g/mol. The molecule has 1 rings (SSSR count). The molecule has 6 atom stereocenters. The Bertz CT molecular complexity index is 1220. The summed E-state index contributed by atoms with van der Waals surface area (Å²) in [5, 5.41) is 50.1. The summed E-state index contributed by atoms with van der Waals surface area (Å²) >= 11 is 0. The Balaban J connectivity index is 2.52. The van der Waals surface area contributed by atoms with Crippen LogP contribution in [0, 0.1) is 0 Å². The highest BCUT2D eigenvalue weighted by Crippen LogP contribution is 2.47. The fourth-order valence-electron chi connectivity index (χ4n) is 6.51. The van der Waals surface area contributed by atoms with E-state index in [4.69, 9.17) is 18.5 Å². The van der Waals surface area contributed by atoms with Crippen molar-refractivity contribution < 1.29 is 63.1 Å². The first-order valence-electron chi connectivity index (χ1n) is 22.4. The van der Waals surface area contributed by atoms with Gasteiger partial charge >= 0.3 is 19.8 Å². The molecule has 14 heteroatoms. The number of carbonyl (C=O) groups is 2. The lowest BCUT2D eigenvalue weighted by atomic mass is 9.85. The zero-order valence-corrected chi connectivity index (χ0v) is 36.9. The number of unbranched alkanes of at least 4 members (excludes halogenated alkanes) is 16. The van der Waals surface area contributed by atoms with Crippen LogP contribution in [-0.2, 0) is 32.7 Å². The minimum Gasteiger partial charge on any atom is -0.462 e. The molecule has 0 aromatic heterocycles. The van der Waals surface area contributed by atoms with E-state index >= 15 is 0 Å². The summed E-state index contributed by atoms with van der Waals surface area (Å²) in [6.45, 7) is 3.21. The number of phosphoric acid groups is 1. The molecule has 59 heavy (non-hydrogen) atoms. The van der Waals surface area contributed by atoms with E-state index in [1.807, 2.05) is 12.2 Å². The zero-order valence-electron chi connectivity index (χ0n) is 36.0. The van der Waals surface area contributed by atoms with E-state index in [1.165, 1.54) is 70.6 Å². The minimum absolute atomic E-state index is 0.0864. The molecule has 13 nitrogen and oxygen atoms in total. The van der Waals surface area contributed by atoms with E-state index < -0.39 is 75.7 Å². The Kier molecular flexibility index (Phi) is 32.9. The number of aliphatic hydroxyl groups is 5. The van der Waals surface area contributed by atoms with Crippen LogP contribution in [0.5, 0.6) is 0 Å². The van der Waals surface area contributed by atoms with Gasteiger partial charge in [-0.3, -0.25) is 18.6 Å². The first kappa shape index (κ1) is 54.8. The van der Waals surface area contributed by atoms with Gasteiger partial charge in [0.1, 0.15) is 43.2 Å². The number of phosphoric ester groups is 1. The van der Waals surface area contributed by atoms with Crippen LogP contribution in [0.4, 0.5) is 0 Å². The average molecular weight is 859 g/mol. The summed E-state index contributed by atoms with van der Waals surface area (Å²) in [7, 11) is -5.13. The molecule has 6 N–H and O–H groups in total.